The molecular weight excluding hydrogens is 622 g/mol. The van der Waals surface area contributed by atoms with E-state index in [9.17, 15) is 19.2 Å². The van der Waals surface area contributed by atoms with Crippen molar-refractivity contribution in [1.82, 2.24) is 35.8 Å². The summed E-state index contributed by atoms with van der Waals surface area (Å²) < 4.78 is 2.24. The minimum Gasteiger partial charge on any atom is -0.382 e. The highest BCUT2D eigenvalue weighted by atomic mass is 16.2. The van der Waals surface area contributed by atoms with Crippen LogP contribution in [0.15, 0.2) is 71.9 Å². The average molecular weight is 670 g/mol. The van der Waals surface area contributed by atoms with Crippen molar-refractivity contribution in [2.75, 3.05) is 38.5 Å². The van der Waals surface area contributed by atoms with Gasteiger partial charge >= 0.3 is 0 Å². The first-order chi connectivity index (χ1) is 23.8. The Morgan fingerprint density at radius 2 is 1.47 bits per heavy atom. The van der Waals surface area contributed by atoms with E-state index in [4.69, 9.17) is 16.5 Å². The first kappa shape index (κ1) is 36.5. The van der Waals surface area contributed by atoms with Gasteiger partial charge in [0.2, 0.25) is 23.6 Å². The number of aryl methyl sites for hydroxylation is 2. The lowest BCUT2D eigenvalue weighted by Crippen LogP contribution is -2.42. The number of para-hydroxylation sites is 1. The van der Waals surface area contributed by atoms with Gasteiger partial charge in [-0.25, -0.2) is 9.97 Å². The lowest BCUT2D eigenvalue weighted by Gasteiger charge is -2.11. The molecule has 0 fully saturated rings. The van der Waals surface area contributed by atoms with E-state index < -0.39 is 11.8 Å². The quantitative estimate of drug-likeness (QED) is 0.111. The predicted octanol–water partition coefficient (Wildman–Crippen LogP) is 2.47. The first-order valence-corrected chi connectivity index (χ1v) is 16.8. The standard InChI is InChI=1S/C36H47N9O4/c1-2-3-14-29-44-34-35(27-12-6-7-13-28(27)43-36(34)38)45(29)20-9-8-19-39-30(46)17-18-31(47)41-23-33(49)42-24-32(48)40-22-26-11-5-4-10-25(21-37)15-16-26/h4-7,10-13,15-16H,2-3,8-9,14,17-24,37H2,1H3,(H2,38,43)(H,39,46)(H,40,48)(H,41,47)(H,42,49)/b5-4-,10-4?,11-5?,16-15?,25-10+,25-15?,26-11?,26-16?. The Balaban J connectivity index is 1.11. The molecular formula is C36H47N9O4. The third kappa shape index (κ3) is 11.1. The number of benzene rings is 1. The Labute approximate surface area is 286 Å². The molecule has 49 heavy (non-hydrogen) atoms. The van der Waals surface area contributed by atoms with Gasteiger partial charge < -0.3 is 37.3 Å². The van der Waals surface area contributed by atoms with Crippen LogP contribution in [-0.2, 0) is 32.1 Å². The van der Waals surface area contributed by atoms with Crippen molar-refractivity contribution in [1.29, 1.82) is 0 Å². The molecule has 0 radical (unpaired) electrons. The van der Waals surface area contributed by atoms with Crippen molar-refractivity contribution >= 4 is 51.4 Å². The first-order valence-electron chi connectivity index (χ1n) is 16.8. The SMILES string of the molecule is CCCCc1nc2c(N)nc3ccccc3c2n1CCCCNC(=O)CCC(=O)NCC(=O)NCC(=O)NCC1=C/C=C\C=C(\CN)C=C1. The van der Waals surface area contributed by atoms with Crippen molar-refractivity contribution in [3.05, 3.63) is 77.7 Å². The number of anilines is 1. The molecule has 1 aliphatic rings. The van der Waals surface area contributed by atoms with E-state index in [0.29, 0.717) is 25.5 Å². The van der Waals surface area contributed by atoms with E-state index in [-0.39, 0.29) is 37.7 Å². The normalized spacial score (nSPS) is 14.3. The number of aromatic nitrogens is 3. The predicted molar refractivity (Wildman–Crippen MR) is 192 cm³/mol. The van der Waals surface area contributed by atoms with Crippen molar-refractivity contribution in [2.24, 2.45) is 5.73 Å². The molecule has 13 heteroatoms. The number of imidazole rings is 1. The molecule has 0 aliphatic heterocycles. The summed E-state index contributed by atoms with van der Waals surface area (Å²) in [5.74, 6) is -0.119. The fourth-order valence-corrected chi connectivity index (χ4v) is 5.32. The number of unbranched alkanes of at least 4 members (excludes halogenated alkanes) is 2. The molecule has 1 aromatic carbocycles. The Morgan fingerprint density at radius 1 is 0.796 bits per heavy atom. The number of rotatable bonds is 18. The number of carbonyl (C=O) groups is 4. The third-order valence-corrected chi connectivity index (χ3v) is 8.01. The lowest BCUT2D eigenvalue weighted by atomic mass is 10.1. The number of nitrogen functional groups attached to an aromatic ring is 1. The highest BCUT2D eigenvalue weighted by Gasteiger charge is 2.17. The van der Waals surface area contributed by atoms with Gasteiger partial charge in [-0.1, -0.05) is 68.0 Å². The smallest absolute Gasteiger partial charge is 0.239 e. The summed E-state index contributed by atoms with van der Waals surface area (Å²) in [5.41, 5.74) is 16.4. The number of nitrogens with one attached hydrogen (secondary N) is 4. The lowest BCUT2D eigenvalue weighted by molar-refractivity contribution is -0.129. The van der Waals surface area contributed by atoms with Crippen LogP contribution < -0.4 is 32.7 Å². The molecule has 1 aliphatic carbocycles. The van der Waals surface area contributed by atoms with Gasteiger partial charge in [-0.05, 0) is 36.5 Å². The van der Waals surface area contributed by atoms with Gasteiger partial charge in [0.25, 0.3) is 0 Å². The number of amides is 4. The van der Waals surface area contributed by atoms with Crippen LogP contribution in [0.3, 0.4) is 0 Å². The summed E-state index contributed by atoms with van der Waals surface area (Å²) in [6, 6.07) is 7.92. The number of nitrogens with zero attached hydrogens (tertiary/aromatic N) is 3. The second-order valence-corrected chi connectivity index (χ2v) is 11.8. The fourth-order valence-electron chi connectivity index (χ4n) is 5.32. The molecule has 13 nitrogen and oxygen atoms in total. The van der Waals surface area contributed by atoms with Crippen molar-refractivity contribution in [3.8, 4) is 0 Å². The molecule has 0 saturated carbocycles. The zero-order valence-electron chi connectivity index (χ0n) is 28.1. The second kappa shape index (κ2) is 18.9. The zero-order chi connectivity index (χ0) is 35.0. The molecule has 0 saturated heterocycles. The molecule has 260 valence electrons. The number of carbonyl (C=O) groups excluding carboxylic acids is 4. The molecule has 3 aromatic rings. The molecule has 8 N–H and O–H groups in total. The summed E-state index contributed by atoms with van der Waals surface area (Å²) in [6.07, 6.45) is 15.7. The molecule has 0 atom stereocenters. The van der Waals surface area contributed by atoms with Gasteiger partial charge in [0, 0.05) is 50.8 Å². The van der Waals surface area contributed by atoms with Gasteiger partial charge in [0.15, 0.2) is 5.82 Å². The van der Waals surface area contributed by atoms with Gasteiger partial charge in [-0.15, -0.1) is 0 Å². The van der Waals surface area contributed by atoms with Gasteiger partial charge in [-0.2, -0.15) is 0 Å². The number of nitrogens with two attached hydrogens (primary N) is 2. The van der Waals surface area contributed by atoms with Crippen molar-refractivity contribution in [2.45, 2.75) is 58.4 Å². The number of hydrogen-bond acceptors (Lipinski definition) is 8. The van der Waals surface area contributed by atoms with E-state index in [1.54, 1.807) is 0 Å². The maximum atomic E-state index is 12.4. The van der Waals surface area contributed by atoms with E-state index in [2.05, 4.69) is 37.7 Å². The van der Waals surface area contributed by atoms with Gasteiger partial charge in [0.1, 0.15) is 11.3 Å². The molecule has 2 heterocycles. The summed E-state index contributed by atoms with van der Waals surface area (Å²) in [5, 5.41) is 11.6. The van der Waals surface area contributed by atoms with E-state index in [0.717, 1.165) is 77.6 Å². The average Bonchev–Trinajstić information content (AvgIpc) is 3.46. The van der Waals surface area contributed by atoms with E-state index in [1.807, 2.05) is 60.7 Å². The van der Waals surface area contributed by atoms with Crippen LogP contribution in [0.5, 0.6) is 0 Å². The van der Waals surface area contributed by atoms with Crippen LogP contribution in [0.4, 0.5) is 5.82 Å². The number of hydrogen-bond donors (Lipinski definition) is 6. The minimum absolute atomic E-state index is 0.00347. The molecule has 4 rings (SSSR count). The Hall–Kier alpha value is -5.30. The van der Waals surface area contributed by atoms with E-state index >= 15 is 0 Å². The summed E-state index contributed by atoms with van der Waals surface area (Å²) >= 11 is 0. The molecule has 4 amide bonds. The molecule has 2 aromatic heterocycles. The van der Waals surface area contributed by atoms with Crippen LogP contribution in [0.2, 0.25) is 0 Å². The van der Waals surface area contributed by atoms with Crippen molar-refractivity contribution < 1.29 is 19.2 Å². The number of allylic oxidation sites excluding steroid dienone is 4. The highest BCUT2D eigenvalue weighted by molar-refractivity contribution is 6.06. The highest BCUT2D eigenvalue weighted by Crippen LogP contribution is 2.29. The second-order valence-electron chi connectivity index (χ2n) is 11.8. The Kier molecular flexibility index (Phi) is 14.1. The van der Waals surface area contributed by atoms with Crippen LogP contribution in [0.1, 0.15) is 51.3 Å². The monoisotopic (exact) mass is 669 g/mol. The van der Waals surface area contributed by atoms with Gasteiger partial charge in [-0.3, -0.25) is 19.2 Å². The third-order valence-electron chi connectivity index (χ3n) is 8.01. The van der Waals surface area contributed by atoms with Crippen molar-refractivity contribution in [3.63, 3.8) is 0 Å². The number of fused-ring (bicyclic) bond motifs is 3. The van der Waals surface area contributed by atoms with Crippen LogP contribution >= 0.6 is 0 Å². The van der Waals surface area contributed by atoms with Crippen LogP contribution in [-0.4, -0.2) is 70.9 Å². The maximum absolute atomic E-state index is 12.4. The molecule has 0 bridgehead atoms. The summed E-state index contributed by atoms with van der Waals surface area (Å²) in [4.78, 5) is 58.2. The molecule has 0 unspecified atom stereocenters. The van der Waals surface area contributed by atoms with Crippen LogP contribution in [0, 0.1) is 0 Å². The van der Waals surface area contributed by atoms with Crippen LogP contribution in [0.25, 0.3) is 21.9 Å². The zero-order valence-corrected chi connectivity index (χ0v) is 28.1. The number of pyridine rings is 1. The Bertz CT molecular complexity index is 1770. The largest absolute Gasteiger partial charge is 0.382 e. The molecule has 0 spiro atoms. The summed E-state index contributed by atoms with van der Waals surface area (Å²) in [7, 11) is 0. The summed E-state index contributed by atoms with van der Waals surface area (Å²) in [6.45, 7) is 3.54. The Morgan fingerprint density at radius 3 is 2.22 bits per heavy atom. The topological polar surface area (TPSA) is 199 Å². The maximum Gasteiger partial charge on any atom is 0.239 e. The van der Waals surface area contributed by atoms with Gasteiger partial charge in [0.05, 0.1) is 24.1 Å². The fraction of sp³-hybridized carbons (Fsp3) is 0.389. The van der Waals surface area contributed by atoms with E-state index in [1.165, 1.54) is 0 Å². The minimum atomic E-state index is -0.505.